The van der Waals surface area contributed by atoms with Gasteiger partial charge in [0.05, 0.1) is 6.61 Å². The molecule has 158 valence electrons. The van der Waals surface area contributed by atoms with Gasteiger partial charge in [-0.3, -0.25) is 9.69 Å². The van der Waals surface area contributed by atoms with Crippen molar-refractivity contribution < 1.29 is 19.1 Å². The molecule has 0 aromatic heterocycles. The average molecular weight is 473 g/mol. The van der Waals surface area contributed by atoms with Gasteiger partial charge in [0.1, 0.15) is 12.3 Å². The minimum Gasteiger partial charge on any atom is -0.490 e. The van der Waals surface area contributed by atoms with E-state index in [1.165, 1.54) is 10.5 Å². The molecule has 2 aromatic rings. The molecule has 0 spiro atoms. The number of imide groups is 1. The molecule has 1 aliphatic rings. The standard InChI is InChI=1S/C23H25BrN2O4/c1-4-10-26-22(27)19(25-23(26)28)11-17-12-20(29-5-2)21(13-18(17)24)30-14-16-8-6-15(3)7-9-16/h6-9,11-13H,4-5,10,14H2,1-3H3,(H,25,28)/b19-11+. The fourth-order valence-corrected chi connectivity index (χ4v) is 3.48. The first kappa shape index (κ1) is 21.9. The second kappa shape index (κ2) is 9.80. The SMILES string of the molecule is CCCN1C(=O)N/C(=C/c2cc(OCC)c(OCc3ccc(C)cc3)cc2Br)C1=O. The minimum absolute atomic E-state index is 0.241. The molecule has 1 heterocycles. The third kappa shape index (κ3) is 5.02. The Morgan fingerprint density at radius 2 is 1.77 bits per heavy atom. The largest absolute Gasteiger partial charge is 0.490 e. The number of rotatable bonds is 8. The second-order valence-corrected chi connectivity index (χ2v) is 7.83. The van der Waals surface area contributed by atoms with Crippen molar-refractivity contribution in [1.29, 1.82) is 0 Å². The summed E-state index contributed by atoms with van der Waals surface area (Å²) in [6.45, 7) is 7.13. The molecule has 0 aliphatic carbocycles. The van der Waals surface area contributed by atoms with Gasteiger partial charge >= 0.3 is 6.03 Å². The summed E-state index contributed by atoms with van der Waals surface area (Å²) in [4.78, 5) is 25.7. The number of urea groups is 1. The number of carbonyl (C=O) groups is 2. The predicted octanol–water partition coefficient (Wildman–Crippen LogP) is 5.04. The third-order valence-corrected chi connectivity index (χ3v) is 5.27. The number of hydrogen-bond acceptors (Lipinski definition) is 4. The highest BCUT2D eigenvalue weighted by atomic mass is 79.9. The lowest BCUT2D eigenvalue weighted by Crippen LogP contribution is -2.31. The van der Waals surface area contributed by atoms with Gasteiger partial charge in [-0.25, -0.2) is 4.79 Å². The number of nitrogens with zero attached hydrogens (tertiary/aromatic N) is 1. The van der Waals surface area contributed by atoms with Crippen molar-refractivity contribution >= 4 is 33.9 Å². The van der Waals surface area contributed by atoms with Gasteiger partial charge in [0.15, 0.2) is 11.5 Å². The van der Waals surface area contributed by atoms with Gasteiger partial charge < -0.3 is 14.8 Å². The van der Waals surface area contributed by atoms with Crippen LogP contribution in [0.5, 0.6) is 11.5 Å². The first-order valence-electron chi connectivity index (χ1n) is 9.92. The summed E-state index contributed by atoms with van der Waals surface area (Å²) in [7, 11) is 0. The summed E-state index contributed by atoms with van der Waals surface area (Å²) >= 11 is 3.54. The zero-order valence-electron chi connectivity index (χ0n) is 17.3. The van der Waals surface area contributed by atoms with E-state index in [1.54, 1.807) is 12.1 Å². The Morgan fingerprint density at radius 1 is 1.07 bits per heavy atom. The predicted molar refractivity (Wildman–Crippen MR) is 119 cm³/mol. The number of amides is 3. The van der Waals surface area contributed by atoms with Crippen LogP contribution in [0.25, 0.3) is 6.08 Å². The molecular weight excluding hydrogens is 448 g/mol. The quantitative estimate of drug-likeness (QED) is 0.431. The molecule has 7 heteroatoms. The summed E-state index contributed by atoms with van der Waals surface area (Å²) in [5.74, 6) is 0.842. The van der Waals surface area contributed by atoms with Gasteiger partial charge in [-0.1, -0.05) is 52.7 Å². The van der Waals surface area contributed by atoms with E-state index in [2.05, 4.69) is 21.2 Å². The molecule has 0 bridgehead atoms. The first-order valence-corrected chi connectivity index (χ1v) is 10.7. The van der Waals surface area contributed by atoms with Crippen LogP contribution in [0.4, 0.5) is 4.79 Å². The van der Waals surface area contributed by atoms with Crippen LogP contribution in [-0.4, -0.2) is 30.0 Å². The summed E-state index contributed by atoms with van der Waals surface area (Å²) < 4.78 is 12.5. The monoisotopic (exact) mass is 472 g/mol. The highest BCUT2D eigenvalue weighted by molar-refractivity contribution is 9.10. The van der Waals surface area contributed by atoms with Crippen LogP contribution in [0, 0.1) is 6.92 Å². The fraction of sp³-hybridized carbons (Fsp3) is 0.304. The molecule has 1 N–H and O–H groups in total. The Kier molecular flexibility index (Phi) is 7.15. The number of hydrogen-bond donors (Lipinski definition) is 1. The van der Waals surface area contributed by atoms with E-state index >= 15 is 0 Å². The smallest absolute Gasteiger partial charge is 0.329 e. The first-order chi connectivity index (χ1) is 14.4. The highest BCUT2D eigenvalue weighted by Crippen LogP contribution is 2.35. The van der Waals surface area contributed by atoms with E-state index in [9.17, 15) is 9.59 Å². The molecule has 6 nitrogen and oxygen atoms in total. The molecule has 0 radical (unpaired) electrons. The van der Waals surface area contributed by atoms with Gasteiger partial charge in [-0.05, 0) is 49.6 Å². The van der Waals surface area contributed by atoms with Gasteiger partial charge in [-0.2, -0.15) is 0 Å². The lowest BCUT2D eigenvalue weighted by Gasteiger charge is -2.14. The Labute approximate surface area is 185 Å². The van der Waals surface area contributed by atoms with Crippen LogP contribution in [-0.2, 0) is 11.4 Å². The highest BCUT2D eigenvalue weighted by Gasteiger charge is 2.32. The summed E-state index contributed by atoms with van der Waals surface area (Å²) in [5.41, 5.74) is 3.20. The minimum atomic E-state index is -0.396. The van der Waals surface area contributed by atoms with Crippen molar-refractivity contribution in [3.05, 3.63) is 63.3 Å². The molecule has 0 unspecified atom stereocenters. The Morgan fingerprint density at radius 3 is 2.43 bits per heavy atom. The molecule has 1 fully saturated rings. The molecule has 0 saturated carbocycles. The van der Waals surface area contributed by atoms with Crippen LogP contribution < -0.4 is 14.8 Å². The lowest BCUT2D eigenvalue weighted by atomic mass is 10.1. The second-order valence-electron chi connectivity index (χ2n) is 6.97. The van der Waals surface area contributed by atoms with Crippen LogP contribution in [0.3, 0.4) is 0 Å². The number of ether oxygens (including phenoxy) is 2. The molecule has 3 amide bonds. The maximum absolute atomic E-state index is 12.5. The maximum Gasteiger partial charge on any atom is 0.329 e. The van der Waals surface area contributed by atoms with E-state index in [-0.39, 0.29) is 11.6 Å². The van der Waals surface area contributed by atoms with E-state index in [0.717, 1.165) is 10.0 Å². The lowest BCUT2D eigenvalue weighted by molar-refractivity contribution is -0.122. The van der Waals surface area contributed by atoms with E-state index in [1.807, 2.05) is 51.1 Å². The number of nitrogens with one attached hydrogen (secondary N) is 1. The molecule has 1 saturated heterocycles. The van der Waals surface area contributed by atoms with E-state index in [0.29, 0.717) is 43.2 Å². The number of aryl methyl sites for hydroxylation is 1. The van der Waals surface area contributed by atoms with Crippen LogP contribution >= 0.6 is 15.9 Å². The van der Waals surface area contributed by atoms with Crippen molar-refractivity contribution in [3.8, 4) is 11.5 Å². The Hall–Kier alpha value is -2.80. The number of carbonyl (C=O) groups excluding carboxylic acids is 2. The van der Waals surface area contributed by atoms with Crippen molar-refractivity contribution in [1.82, 2.24) is 10.2 Å². The summed E-state index contributed by atoms with van der Waals surface area (Å²) in [6.07, 6.45) is 2.35. The number of halogens is 1. The zero-order valence-corrected chi connectivity index (χ0v) is 18.9. The zero-order chi connectivity index (χ0) is 21.7. The Bertz CT molecular complexity index is 970. The van der Waals surface area contributed by atoms with Crippen LogP contribution in [0.1, 0.15) is 37.0 Å². The van der Waals surface area contributed by atoms with Crippen molar-refractivity contribution in [2.45, 2.75) is 33.8 Å². The molecule has 3 rings (SSSR count). The summed E-state index contributed by atoms with van der Waals surface area (Å²) in [6, 6.07) is 11.4. The van der Waals surface area contributed by atoms with Crippen LogP contribution in [0.15, 0.2) is 46.6 Å². The van der Waals surface area contributed by atoms with E-state index < -0.39 is 6.03 Å². The molecule has 2 aromatic carbocycles. The van der Waals surface area contributed by atoms with Gasteiger partial charge in [0.25, 0.3) is 5.91 Å². The van der Waals surface area contributed by atoms with Gasteiger partial charge in [0.2, 0.25) is 0 Å². The van der Waals surface area contributed by atoms with Crippen molar-refractivity contribution in [2.75, 3.05) is 13.2 Å². The molecule has 30 heavy (non-hydrogen) atoms. The van der Waals surface area contributed by atoms with Crippen LogP contribution in [0.2, 0.25) is 0 Å². The van der Waals surface area contributed by atoms with Crippen molar-refractivity contribution in [3.63, 3.8) is 0 Å². The van der Waals surface area contributed by atoms with Gasteiger partial charge in [-0.15, -0.1) is 0 Å². The number of benzene rings is 2. The molecular formula is C23H25BrN2O4. The van der Waals surface area contributed by atoms with Gasteiger partial charge in [0, 0.05) is 11.0 Å². The van der Waals surface area contributed by atoms with Crippen molar-refractivity contribution in [2.24, 2.45) is 0 Å². The average Bonchev–Trinajstić information content (AvgIpc) is 2.98. The molecule has 1 aliphatic heterocycles. The third-order valence-electron chi connectivity index (χ3n) is 4.59. The Balaban J connectivity index is 1.85. The molecule has 0 atom stereocenters. The summed E-state index contributed by atoms with van der Waals surface area (Å²) in [5, 5.41) is 2.64. The topological polar surface area (TPSA) is 67.9 Å². The fourth-order valence-electron chi connectivity index (χ4n) is 3.04. The van der Waals surface area contributed by atoms with E-state index in [4.69, 9.17) is 9.47 Å². The maximum atomic E-state index is 12.5. The normalized spacial score (nSPS) is 14.9.